The highest BCUT2D eigenvalue weighted by molar-refractivity contribution is 7.99. The van der Waals surface area contributed by atoms with Gasteiger partial charge in [-0.05, 0) is 45.0 Å². The number of benzene rings is 1. The van der Waals surface area contributed by atoms with Gasteiger partial charge in [-0.25, -0.2) is 4.98 Å². The van der Waals surface area contributed by atoms with Crippen molar-refractivity contribution in [3.05, 3.63) is 64.5 Å². The van der Waals surface area contributed by atoms with Crippen molar-refractivity contribution in [1.29, 1.82) is 0 Å². The summed E-state index contributed by atoms with van der Waals surface area (Å²) in [7, 11) is 0. The number of ether oxygens (including phenoxy) is 1. The van der Waals surface area contributed by atoms with E-state index < -0.39 is 0 Å². The number of nitrogens with one attached hydrogen (secondary N) is 1. The van der Waals surface area contributed by atoms with Gasteiger partial charge in [-0.15, -0.1) is 0 Å². The van der Waals surface area contributed by atoms with Crippen LogP contribution in [0, 0.1) is 6.92 Å². The van der Waals surface area contributed by atoms with Gasteiger partial charge in [0.15, 0.2) is 10.7 Å². The first-order valence-corrected chi connectivity index (χ1v) is 11.6. The van der Waals surface area contributed by atoms with Gasteiger partial charge < -0.3 is 14.5 Å². The van der Waals surface area contributed by atoms with Crippen molar-refractivity contribution in [1.82, 2.24) is 19.3 Å². The molecule has 1 aromatic carbocycles. The molecule has 0 radical (unpaired) electrons. The highest BCUT2D eigenvalue weighted by Gasteiger charge is 2.20. The van der Waals surface area contributed by atoms with Gasteiger partial charge >= 0.3 is 0 Å². The molecule has 3 aromatic heterocycles. The Kier molecular flexibility index (Phi) is 6.83. The second-order valence-corrected chi connectivity index (χ2v) is 8.17. The number of hydrogen-bond donors (Lipinski definition) is 1. The molecule has 9 nitrogen and oxygen atoms in total. The molecule has 172 valence electrons. The molecule has 0 aliphatic rings. The number of nitrogens with zero attached hydrogens (tertiary/aromatic N) is 4. The van der Waals surface area contributed by atoms with E-state index in [1.807, 2.05) is 32.9 Å². The minimum Gasteiger partial charge on any atom is -0.492 e. The molecule has 0 unspecified atom stereocenters. The zero-order chi connectivity index (χ0) is 23.4. The van der Waals surface area contributed by atoms with E-state index in [2.05, 4.69) is 10.4 Å². The van der Waals surface area contributed by atoms with Crippen LogP contribution < -0.4 is 15.6 Å². The van der Waals surface area contributed by atoms with E-state index in [1.165, 1.54) is 16.3 Å². The van der Waals surface area contributed by atoms with Crippen LogP contribution in [0.5, 0.6) is 5.75 Å². The number of amides is 1. The third-order valence-corrected chi connectivity index (χ3v) is 5.95. The molecule has 0 aliphatic heterocycles. The molecule has 4 rings (SSSR count). The van der Waals surface area contributed by atoms with Gasteiger partial charge in [-0.2, -0.15) is 5.10 Å². The van der Waals surface area contributed by atoms with Crippen molar-refractivity contribution in [3.8, 4) is 5.75 Å². The Hall–Kier alpha value is -3.53. The lowest BCUT2D eigenvalue weighted by Crippen LogP contribution is -2.26. The average Bonchev–Trinajstić information content (AvgIpc) is 3.43. The third kappa shape index (κ3) is 4.80. The average molecular weight is 468 g/mol. The van der Waals surface area contributed by atoms with Crippen molar-refractivity contribution in [2.45, 2.75) is 39.0 Å². The highest BCUT2D eigenvalue weighted by atomic mass is 32.2. The van der Waals surface area contributed by atoms with Crippen LogP contribution in [0.2, 0.25) is 0 Å². The minimum atomic E-state index is -0.230. The monoisotopic (exact) mass is 467 g/mol. The van der Waals surface area contributed by atoms with Crippen LogP contribution >= 0.6 is 11.8 Å². The summed E-state index contributed by atoms with van der Waals surface area (Å²) in [6, 6.07) is 10.8. The summed E-state index contributed by atoms with van der Waals surface area (Å²) in [5.74, 6) is 1.06. The van der Waals surface area contributed by atoms with E-state index in [0.717, 1.165) is 0 Å². The van der Waals surface area contributed by atoms with E-state index in [0.29, 0.717) is 52.2 Å². The Balaban J connectivity index is 1.63. The van der Waals surface area contributed by atoms with Crippen molar-refractivity contribution in [2.75, 3.05) is 17.7 Å². The summed E-state index contributed by atoms with van der Waals surface area (Å²) in [6.45, 7) is 6.89. The molecule has 0 bridgehead atoms. The lowest BCUT2D eigenvalue weighted by atomic mass is 10.3. The molecule has 0 saturated carbocycles. The van der Waals surface area contributed by atoms with Crippen LogP contribution in [0.1, 0.15) is 25.3 Å². The van der Waals surface area contributed by atoms with Crippen molar-refractivity contribution < 1.29 is 13.9 Å². The molecule has 0 fully saturated rings. The SMILES string of the molecule is CCOc1ccccc1NC(=O)CSc1nc2c(C)nn(CC)c2c(=O)n1Cc1ccco1. The largest absolute Gasteiger partial charge is 0.492 e. The van der Waals surface area contributed by atoms with Crippen LogP contribution in [0.3, 0.4) is 0 Å². The van der Waals surface area contributed by atoms with E-state index in [9.17, 15) is 9.59 Å². The van der Waals surface area contributed by atoms with Crippen molar-refractivity contribution in [3.63, 3.8) is 0 Å². The fourth-order valence-electron chi connectivity index (χ4n) is 3.49. The molecule has 1 amide bonds. The Morgan fingerprint density at radius 1 is 1.21 bits per heavy atom. The molecule has 33 heavy (non-hydrogen) atoms. The molecule has 4 aromatic rings. The second kappa shape index (κ2) is 9.95. The van der Waals surface area contributed by atoms with E-state index in [4.69, 9.17) is 14.1 Å². The number of fused-ring (bicyclic) bond motifs is 1. The zero-order valence-electron chi connectivity index (χ0n) is 18.7. The lowest BCUT2D eigenvalue weighted by Gasteiger charge is -2.13. The molecular weight excluding hydrogens is 442 g/mol. The lowest BCUT2D eigenvalue weighted by molar-refractivity contribution is -0.113. The number of furan rings is 1. The Labute approximate surface area is 194 Å². The molecule has 0 aliphatic carbocycles. The quantitative estimate of drug-likeness (QED) is 0.296. The van der Waals surface area contributed by atoms with Gasteiger partial charge in [0.1, 0.15) is 17.0 Å². The maximum atomic E-state index is 13.4. The van der Waals surface area contributed by atoms with Crippen LogP contribution in [0.25, 0.3) is 11.0 Å². The van der Waals surface area contributed by atoms with Crippen LogP contribution in [-0.4, -0.2) is 37.6 Å². The molecule has 3 heterocycles. The number of thioether (sulfide) groups is 1. The summed E-state index contributed by atoms with van der Waals surface area (Å²) in [4.78, 5) is 30.8. The number of rotatable bonds is 9. The maximum Gasteiger partial charge on any atom is 0.280 e. The molecular formula is C23H25N5O4S. The Morgan fingerprint density at radius 3 is 2.76 bits per heavy atom. The third-order valence-electron chi connectivity index (χ3n) is 4.97. The smallest absolute Gasteiger partial charge is 0.280 e. The van der Waals surface area contributed by atoms with E-state index in [-0.39, 0.29) is 23.8 Å². The summed E-state index contributed by atoms with van der Waals surface area (Å²) in [5.41, 5.74) is 2.04. The maximum absolute atomic E-state index is 13.4. The Bertz CT molecular complexity index is 1330. The first-order chi connectivity index (χ1) is 16.0. The van der Waals surface area contributed by atoms with Crippen LogP contribution in [0.4, 0.5) is 5.69 Å². The molecule has 0 saturated heterocycles. The van der Waals surface area contributed by atoms with E-state index in [1.54, 1.807) is 35.2 Å². The fraction of sp³-hybridized carbons (Fsp3) is 0.304. The second-order valence-electron chi connectivity index (χ2n) is 7.23. The minimum absolute atomic E-state index is 0.0670. The molecule has 0 spiro atoms. The number of carbonyl (C=O) groups excluding carboxylic acids is 1. The highest BCUT2D eigenvalue weighted by Crippen LogP contribution is 2.25. The summed E-state index contributed by atoms with van der Waals surface area (Å²) >= 11 is 1.19. The standard InChI is InChI=1S/C23H25N5O4S/c1-4-28-21-20(15(3)26-28)25-23(27(22(21)30)13-16-9-8-12-32-16)33-14-19(29)24-17-10-6-7-11-18(17)31-5-2/h6-12H,4-5,13-14H2,1-3H3,(H,24,29). The topological polar surface area (TPSA) is 104 Å². The molecule has 10 heteroatoms. The number of aryl methyl sites for hydroxylation is 2. The molecule has 0 atom stereocenters. The number of para-hydroxylation sites is 2. The summed E-state index contributed by atoms with van der Waals surface area (Å²) in [5, 5.41) is 7.74. The first-order valence-electron chi connectivity index (χ1n) is 10.7. The van der Waals surface area contributed by atoms with Gasteiger partial charge in [0.25, 0.3) is 5.56 Å². The van der Waals surface area contributed by atoms with Gasteiger partial charge in [-0.3, -0.25) is 18.8 Å². The number of anilines is 1. The van der Waals surface area contributed by atoms with Gasteiger partial charge in [0, 0.05) is 6.54 Å². The normalized spacial score (nSPS) is 11.1. The predicted octanol–water partition coefficient (Wildman–Crippen LogP) is 3.69. The van der Waals surface area contributed by atoms with Crippen molar-refractivity contribution in [2.24, 2.45) is 0 Å². The zero-order valence-corrected chi connectivity index (χ0v) is 19.5. The van der Waals surface area contributed by atoms with Gasteiger partial charge in [0.05, 0.1) is 36.5 Å². The van der Waals surface area contributed by atoms with Crippen molar-refractivity contribution >= 4 is 34.4 Å². The van der Waals surface area contributed by atoms with E-state index >= 15 is 0 Å². The predicted molar refractivity (Wildman–Crippen MR) is 127 cm³/mol. The first kappa shape index (κ1) is 22.7. The fourth-order valence-corrected chi connectivity index (χ4v) is 4.28. The summed E-state index contributed by atoms with van der Waals surface area (Å²) < 4.78 is 14.2. The number of aromatic nitrogens is 4. The van der Waals surface area contributed by atoms with Gasteiger partial charge in [-0.1, -0.05) is 23.9 Å². The molecule has 1 N–H and O–H groups in total. The number of hydrogen-bond acceptors (Lipinski definition) is 7. The van der Waals surface area contributed by atoms with Gasteiger partial charge in [0.2, 0.25) is 5.91 Å². The van der Waals surface area contributed by atoms with Crippen LogP contribution in [-0.2, 0) is 17.9 Å². The summed E-state index contributed by atoms with van der Waals surface area (Å²) in [6.07, 6.45) is 1.56. The van der Waals surface area contributed by atoms with Crippen LogP contribution in [0.15, 0.2) is 57.0 Å². The Morgan fingerprint density at radius 2 is 2.03 bits per heavy atom. The number of carbonyl (C=O) groups is 1.